The van der Waals surface area contributed by atoms with E-state index in [9.17, 15) is 5.11 Å². The monoisotopic (exact) mass is 180 g/mol. The Kier molecular flexibility index (Phi) is 2.10. The third-order valence-electron chi connectivity index (χ3n) is 2.05. The number of rotatable bonds is 2. The maximum atomic E-state index is 9.44. The summed E-state index contributed by atoms with van der Waals surface area (Å²) >= 11 is 0. The minimum absolute atomic E-state index is 0.352. The molecule has 0 saturated carbocycles. The highest BCUT2D eigenvalue weighted by Gasteiger charge is 2.21. The third-order valence-corrected chi connectivity index (χ3v) is 2.05. The van der Waals surface area contributed by atoms with Crippen LogP contribution in [-0.4, -0.2) is 18.3 Å². The zero-order valence-electron chi connectivity index (χ0n) is 7.49. The zero-order chi connectivity index (χ0) is 9.26. The summed E-state index contributed by atoms with van der Waals surface area (Å²) in [6.07, 6.45) is -0.481. The van der Waals surface area contributed by atoms with Crippen LogP contribution in [0.3, 0.4) is 0 Å². The van der Waals surface area contributed by atoms with Gasteiger partial charge < -0.3 is 14.6 Å². The fourth-order valence-electron chi connectivity index (χ4n) is 1.43. The normalized spacial score (nSPS) is 19.4. The first kappa shape index (κ1) is 8.38. The van der Waals surface area contributed by atoms with Gasteiger partial charge in [0.2, 0.25) is 0 Å². The predicted molar refractivity (Wildman–Crippen MR) is 48.1 cm³/mol. The molecule has 0 fully saturated rings. The molecule has 1 aliphatic rings. The van der Waals surface area contributed by atoms with Crippen LogP contribution >= 0.6 is 0 Å². The van der Waals surface area contributed by atoms with Gasteiger partial charge in [0, 0.05) is 11.6 Å². The van der Waals surface area contributed by atoms with Crippen LogP contribution in [0, 0.1) is 0 Å². The van der Waals surface area contributed by atoms with Gasteiger partial charge in [-0.05, 0) is 19.1 Å². The molecular weight excluding hydrogens is 168 g/mol. The lowest BCUT2D eigenvalue weighted by atomic mass is 10.1. The SMILES string of the molecule is CCOc1ccc2c(c1)OCC2O. The Morgan fingerprint density at radius 1 is 1.62 bits per heavy atom. The Labute approximate surface area is 76.9 Å². The number of fused-ring (bicyclic) bond motifs is 1. The lowest BCUT2D eigenvalue weighted by Crippen LogP contribution is -1.97. The Hall–Kier alpha value is -1.22. The summed E-state index contributed by atoms with van der Waals surface area (Å²) in [4.78, 5) is 0. The molecule has 0 aromatic heterocycles. The molecule has 2 rings (SSSR count). The highest BCUT2D eigenvalue weighted by atomic mass is 16.5. The highest BCUT2D eigenvalue weighted by Crippen LogP contribution is 2.34. The fourth-order valence-corrected chi connectivity index (χ4v) is 1.43. The zero-order valence-corrected chi connectivity index (χ0v) is 7.49. The second kappa shape index (κ2) is 3.26. The second-order valence-electron chi connectivity index (χ2n) is 2.96. The van der Waals surface area contributed by atoms with Crippen molar-refractivity contribution in [2.75, 3.05) is 13.2 Å². The van der Waals surface area contributed by atoms with Crippen LogP contribution in [0.25, 0.3) is 0 Å². The van der Waals surface area contributed by atoms with E-state index in [1.54, 1.807) is 0 Å². The number of hydrogen-bond donors (Lipinski definition) is 1. The Bertz CT molecular complexity index is 309. The van der Waals surface area contributed by atoms with E-state index in [0.29, 0.717) is 13.2 Å². The van der Waals surface area contributed by atoms with Gasteiger partial charge in [0.1, 0.15) is 24.2 Å². The summed E-state index contributed by atoms with van der Waals surface area (Å²) in [6.45, 7) is 2.93. The quantitative estimate of drug-likeness (QED) is 0.749. The van der Waals surface area contributed by atoms with Crippen LogP contribution < -0.4 is 9.47 Å². The summed E-state index contributed by atoms with van der Waals surface area (Å²) in [5.41, 5.74) is 0.850. The molecule has 70 valence electrons. The average molecular weight is 180 g/mol. The highest BCUT2D eigenvalue weighted by molar-refractivity contribution is 5.44. The van der Waals surface area contributed by atoms with Gasteiger partial charge in [-0.2, -0.15) is 0 Å². The maximum Gasteiger partial charge on any atom is 0.129 e. The van der Waals surface area contributed by atoms with Crippen molar-refractivity contribution in [1.29, 1.82) is 0 Å². The first-order valence-electron chi connectivity index (χ1n) is 4.39. The van der Waals surface area contributed by atoms with Crippen molar-refractivity contribution < 1.29 is 14.6 Å². The Balaban J connectivity index is 2.29. The van der Waals surface area contributed by atoms with Gasteiger partial charge in [-0.15, -0.1) is 0 Å². The van der Waals surface area contributed by atoms with E-state index in [4.69, 9.17) is 9.47 Å². The van der Waals surface area contributed by atoms with E-state index < -0.39 is 6.10 Å². The molecule has 1 unspecified atom stereocenters. The molecule has 0 spiro atoms. The second-order valence-corrected chi connectivity index (χ2v) is 2.96. The van der Waals surface area contributed by atoms with Gasteiger partial charge in [-0.1, -0.05) is 0 Å². The van der Waals surface area contributed by atoms with Crippen LogP contribution in [0.2, 0.25) is 0 Å². The van der Waals surface area contributed by atoms with E-state index in [-0.39, 0.29) is 0 Å². The van der Waals surface area contributed by atoms with Crippen LogP contribution in [0.4, 0.5) is 0 Å². The molecule has 0 amide bonds. The number of benzene rings is 1. The van der Waals surface area contributed by atoms with E-state index in [0.717, 1.165) is 17.1 Å². The lowest BCUT2D eigenvalue weighted by Gasteiger charge is -2.04. The van der Waals surface area contributed by atoms with E-state index >= 15 is 0 Å². The molecule has 0 radical (unpaired) electrons. The third kappa shape index (κ3) is 1.47. The molecule has 13 heavy (non-hydrogen) atoms. The van der Waals surface area contributed by atoms with Crippen molar-refractivity contribution in [1.82, 2.24) is 0 Å². The summed E-state index contributed by atoms with van der Waals surface area (Å²) in [6, 6.07) is 5.51. The molecule has 1 aliphatic heterocycles. The van der Waals surface area contributed by atoms with Crippen molar-refractivity contribution >= 4 is 0 Å². The van der Waals surface area contributed by atoms with Gasteiger partial charge in [0.05, 0.1) is 6.61 Å². The van der Waals surface area contributed by atoms with Gasteiger partial charge in [-0.3, -0.25) is 0 Å². The minimum Gasteiger partial charge on any atom is -0.494 e. The fraction of sp³-hybridized carbons (Fsp3) is 0.400. The van der Waals surface area contributed by atoms with Crippen molar-refractivity contribution in [3.63, 3.8) is 0 Å². The van der Waals surface area contributed by atoms with Gasteiger partial charge in [0.15, 0.2) is 0 Å². The first-order valence-corrected chi connectivity index (χ1v) is 4.39. The molecule has 1 N–H and O–H groups in total. The van der Waals surface area contributed by atoms with E-state index in [2.05, 4.69) is 0 Å². The first-order chi connectivity index (χ1) is 6.31. The van der Waals surface area contributed by atoms with Gasteiger partial charge in [0.25, 0.3) is 0 Å². The lowest BCUT2D eigenvalue weighted by molar-refractivity contribution is 0.140. The average Bonchev–Trinajstić information content (AvgIpc) is 2.48. The van der Waals surface area contributed by atoms with Crippen LogP contribution in [0.5, 0.6) is 11.5 Å². The smallest absolute Gasteiger partial charge is 0.129 e. The summed E-state index contributed by atoms with van der Waals surface area (Å²) in [7, 11) is 0. The Morgan fingerprint density at radius 2 is 2.46 bits per heavy atom. The van der Waals surface area contributed by atoms with Crippen LogP contribution in [0.1, 0.15) is 18.6 Å². The number of hydrogen-bond acceptors (Lipinski definition) is 3. The molecule has 3 nitrogen and oxygen atoms in total. The largest absolute Gasteiger partial charge is 0.494 e. The number of ether oxygens (including phenoxy) is 2. The van der Waals surface area contributed by atoms with Crippen LogP contribution in [0.15, 0.2) is 18.2 Å². The van der Waals surface area contributed by atoms with Gasteiger partial charge >= 0.3 is 0 Å². The predicted octanol–water partition coefficient (Wildman–Crippen LogP) is 1.51. The molecule has 1 aromatic carbocycles. The topological polar surface area (TPSA) is 38.7 Å². The molecule has 1 atom stereocenters. The number of aliphatic hydroxyl groups is 1. The van der Waals surface area contributed by atoms with Crippen molar-refractivity contribution in [3.05, 3.63) is 23.8 Å². The summed E-state index contributed by atoms with van der Waals surface area (Å²) in [5, 5.41) is 9.44. The maximum absolute atomic E-state index is 9.44. The van der Waals surface area contributed by atoms with E-state index in [1.165, 1.54) is 0 Å². The van der Waals surface area contributed by atoms with Gasteiger partial charge in [-0.25, -0.2) is 0 Å². The molecule has 1 aromatic rings. The molecule has 0 saturated heterocycles. The Morgan fingerprint density at radius 3 is 3.23 bits per heavy atom. The van der Waals surface area contributed by atoms with Crippen molar-refractivity contribution in [3.8, 4) is 11.5 Å². The molecule has 0 aliphatic carbocycles. The molecular formula is C10H12O3. The van der Waals surface area contributed by atoms with Crippen LogP contribution in [-0.2, 0) is 0 Å². The molecule has 0 bridgehead atoms. The van der Waals surface area contributed by atoms with E-state index in [1.807, 2.05) is 25.1 Å². The number of aliphatic hydroxyl groups excluding tert-OH is 1. The van der Waals surface area contributed by atoms with Crippen molar-refractivity contribution in [2.24, 2.45) is 0 Å². The standard InChI is InChI=1S/C10H12O3/c1-2-12-7-3-4-8-9(11)6-13-10(8)5-7/h3-5,9,11H,2,6H2,1H3. The minimum atomic E-state index is -0.481. The van der Waals surface area contributed by atoms with Crippen molar-refractivity contribution in [2.45, 2.75) is 13.0 Å². The molecule has 3 heteroatoms. The molecule has 1 heterocycles. The summed E-state index contributed by atoms with van der Waals surface area (Å²) < 4.78 is 10.6. The summed E-state index contributed by atoms with van der Waals surface area (Å²) in [5.74, 6) is 1.52.